The number of aliphatic hydroxyl groups is 1. The summed E-state index contributed by atoms with van der Waals surface area (Å²) in [6.45, 7) is -0.0550. The van der Waals surface area contributed by atoms with Crippen LogP contribution in [0.2, 0.25) is 10.0 Å². The van der Waals surface area contributed by atoms with Crippen molar-refractivity contribution >= 4 is 40.7 Å². The van der Waals surface area contributed by atoms with Gasteiger partial charge in [0.15, 0.2) is 6.29 Å². The Morgan fingerprint density at radius 2 is 1.71 bits per heavy atom. The number of aliphatic hydroxyl groups excluding tert-OH is 1. The summed E-state index contributed by atoms with van der Waals surface area (Å²) in [5.74, 6) is -1.39. The van der Waals surface area contributed by atoms with Crippen molar-refractivity contribution in [2.24, 2.45) is 0 Å². The Morgan fingerprint density at radius 3 is 2.26 bits per heavy atom. The Hall–Kier alpha value is -2.58. The Morgan fingerprint density at radius 1 is 1.06 bits per heavy atom. The van der Waals surface area contributed by atoms with Gasteiger partial charge < -0.3 is 24.2 Å². The molecule has 1 heterocycles. The van der Waals surface area contributed by atoms with Crippen LogP contribution < -0.4 is 4.74 Å². The lowest BCUT2D eigenvalue weighted by atomic mass is 9.95. The number of halogens is 2. The van der Waals surface area contributed by atoms with E-state index in [0.29, 0.717) is 21.9 Å². The molecule has 2 aromatic carbocycles. The maximum Gasteiger partial charge on any atom is 0.295 e. The first-order chi connectivity index (χ1) is 14.8. The second-order valence-electron chi connectivity index (χ2n) is 6.75. The largest absolute Gasteiger partial charge is 0.507 e. The summed E-state index contributed by atoms with van der Waals surface area (Å²) < 4.78 is 15.6. The highest BCUT2D eigenvalue weighted by molar-refractivity contribution is 6.47. The summed E-state index contributed by atoms with van der Waals surface area (Å²) in [5, 5.41) is 11.7. The van der Waals surface area contributed by atoms with Crippen molar-refractivity contribution in [2.75, 3.05) is 27.9 Å². The van der Waals surface area contributed by atoms with E-state index in [0.717, 1.165) is 0 Å². The number of hydrogen-bond acceptors (Lipinski definition) is 6. The first-order valence-electron chi connectivity index (χ1n) is 9.25. The summed E-state index contributed by atoms with van der Waals surface area (Å²) in [4.78, 5) is 27.2. The van der Waals surface area contributed by atoms with Gasteiger partial charge in [-0.3, -0.25) is 9.59 Å². The van der Waals surface area contributed by atoms with Gasteiger partial charge in [0.05, 0.1) is 25.3 Å². The molecule has 0 spiro atoms. The second kappa shape index (κ2) is 9.70. The number of carbonyl (C=O) groups is 2. The van der Waals surface area contributed by atoms with Gasteiger partial charge in [-0.1, -0.05) is 29.3 Å². The van der Waals surface area contributed by atoms with Gasteiger partial charge >= 0.3 is 0 Å². The minimum absolute atomic E-state index is 0.0550. The summed E-state index contributed by atoms with van der Waals surface area (Å²) in [6, 6.07) is 10.2. The Kier molecular flexibility index (Phi) is 7.23. The van der Waals surface area contributed by atoms with Crippen molar-refractivity contribution in [2.45, 2.75) is 12.3 Å². The number of benzene rings is 2. The van der Waals surface area contributed by atoms with Crippen molar-refractivity contribution in [3.8, 4) is 5.75 Å². The van der Waals surface area contributed by atoms with E-state index in [1.807, 2.05) is 0 Å². The average molecular weight is 466 g/mol. The van der Waals surface area contributed by atoms with E-state index in [9.17, 15) is 14.7 Å². The molecule has 0 aliphatic carbocycles. The maximum absolute atomic E-state index is 13.0. The molecule has 1 amide bonds. The van der Waals surface area contributed by atoms with Crippen LogP contribution in [0.1, 0.15) is 17.2 Å². The molecule has 9 heteroatoms. The first-order valence-corrected chi connectivity index (χ1v) is 10.0. The molecule has 2 aromatic rings. The number of rotatable bonds is 7. The summed E-state index contributed by atoms with van der Waals surface area (Å²) in [5.41, 5.74) is 0.695. The van der Waals surface area contributed by atoms with Crippen LogP contribution in [0.5, 0.6) is 5.75 Å². The van der Waals surface area contributed by atoms with Gasteiger partial charge in [-0.2, -0.15) is 0 Å². The highest BCUT2D eigenvalue weighted by Crippen LogP contribution is 2.42. The SMILES string of the molecule is COc1ccc(/C(O)=C2\C(=O)C(=O)N(CC(OC)OC)C2c2ccc(Cl)cc2Cl)cc1. The number of methoxy groups -OCH3 is 3. The summed E-state index contributed by atoms with van der Waals surface area (Å²) >= 11 is 12.4. The molecule has 0 saturated carbocycles. The van der Waals surface area contributed by atoms with Crippen molar-refractivity contribution in [1.82, 2.24) is 4.90 Å². The van der Waals surface area contributed by atoms with E-state index >= 15 is 0 Å². The Labute approximate surface area is 189 Å². The van der Waals surface area contributed by atoms with E-state index in [-0.39, 0.29) is 22.9 Å². The molecular weight excluding hydrogens is 445 g/mol. The molecule has 1 fully saturated rings. The number of nitrogens with zero attached hydrogens (tertiary/aromatic N) is 1. The van der Waals surface area contributed by atoms with Crippen molar-refractivity contribution < 1.29 is 28.9 Å². The first kappa shape index (κ1) is 23.1. The number of ether oxygens (including phenoxy) is 3. The molecule has 31 heavy (non-hydrogen) atoms. The topological polar surface area (TPSA) is 85.3 Å². The predicted octanol–water partition coefficient (Wildman–Crippen LogP) is 4.04. The minimum Gasteiger partial charge on any atom is -0.507 e. The second-order valence-corrected chi connectivity index (χ2v) is 7.59. The number of carbonyl (C=O) groups excluding carboxylic acids is 2. The molecule has 0 radical (unpaired) electrons. The third-order valence-corrected chi connectivity index (χ3v) is 5.59. The highest BCUT2D eigenvalue weighted by atomic mass is 35.5. The molecule has 1 atom stereocenters. The molecule has 1 aliphatic rings. The highest BCUT2D eigenvalue weighted by Gasteiger charge is 2.47. The van der Waals surface area contributed by atoms with Crippen LogP contribution in [-0.4, -0.2) is 55.9 Å². The van der Waals surface area contributed by atoms with E-state index in [1.165, 1.54) is 32.3 Å². The van der Waals surface area contributed by atoms with Crippen LogP contribution in [0, 0.1) is 0 Å². The molecule has 1 aliphatic heterocycles. The van der Waals surface area contributed by atoms with Crippen LogP contribution in [0.15, 0.2) is 48.0 Å². The minimum atomic E-state index is -0.959. The predicted molar refractivity (Wildman–Crippen MR) is 116 cm³/mol. The van der Waals surface area contributed by atoms with Crippen LogP contribution in [0.25, 0.3) is 5.76 Å². The number of ketones is 1. The molecule has 1 saturated heterocycles. The van der Waals surface area contributed by atoms with Crippen LogP contribution >= 0.6 is 23.2 Å². The molecule has 164 valence electrons. The molecule has 1 unspecified atom stereocenters. The number of Topliss-reactive ketones (excluding diaryl/α,β-unsaturated/α-hetero) is 1. The molecule has 0 bridgehead atoms. The van der Waals surface area contributed by atoms with Gasteiger partial charge in [-0.25, -0.2) is 0 Å². The van der Waals surface area contributed by atoms with Crippen molar-refractivity contribution in [3.63, 3.8) is 0 Å². The monoisotopic (exact) mass is 465 g/mol. The van der Waals surface area contributed by atoms with Gasteiger partial charge in [0.25, 0.3) is 11.7 Å². The third kappa shape index (κ3) is 4.55. The third-order valence-electron chi connectivity index (χ3n) is 5.03. The fourth-order valence-corrected chi connectivity index (χ4v) is 3.94. The van der Waals surface area contributed by atoms with Gasteiger partial charge in [0.2, 0.25) is 0 Å². The lowest BCUT2D eigenvalue weighted by Gasteiger charge is -2.28. The van der Waals surface area contributed by atoms with Gasteiger partial charge in [-0.05, 0) is 42.0 Å². The van der Waals surface area contributed by atoms with Gasteiger partial charge in [0.1, 0.15) is 11.5 Å². The lowest BCUT2D eigenvalue weighted by molar-refractivity contribution is -0.149. The molecular formula is C22H21Cl2NO6. The zero-order chi connectivity index (χ0) is 22.7. The number of amides is 1. The standard InChI is InChI=1S/C22H21Cl2NO6/c1-29-14-7-4-12(5-8-14)20(26)18-19(15-9-6-13(23)10-16(15)24)25(22(28)21(18)27)11-17(30-2)31-3/h4-10,17,19,26H,11H2,1-3H3/b20-18+. The van der Waals surface area contributed by atoms with Crippen molar-refractivity contribution in [1.29, 1.82) is 0 Å². The fraction of sp³-hybridized carbons (Fsp3) is 0.273. The van der Waals surface area contributed by atoms with Crippen LogP contribution in [-0.2, 0) is 19.1 Å². The van der Waals surface area contributed by atoms with E-state index in [2.05, 4.69) is 0 Å². The van der Waals surface area contributed by atoms with Gasteiger partial charge in [-0.15, -0.1) is 0 Å². The Balaban J connectivity index is 2.18. The average Bonchev–Trinajstić information content (AvgIpc) is 3.01. The Bertz CT molecular complexity index is 1020. The molecule has 1 N–H and O–H groups in total. The molecule has 7 nitrogen and oxygen atoms in total. The van der Waals surface area contributed by atoms with E-state index in [1.54, 1.807) is 36.4 Å². The summed E-state index contributed by atoms with van der Waals surface area (Å²) in [6.07, 6.45) is -0.784. The van der Waals surface area contributed by atoms with E-state index in [4.69, 9.17) is 37.4 Å². The van der Waals surface area contributed by atoms with Crippen LogP contribution in [0.4, 0.5) is 0 Å². The fourth-order valence-electron chi connectivity index (χ4n) is 3.43. The van der Waals surface area contributed by atoms with Crippen molar-refractivity contribution in [3.05, 3.63) is 69.2 Å². The summed E-state index contributed by atoms with van der Waals surface area (Å²) in [7, 11) is 4.36. The molecule has 0 aromatic heterocycles. The smallest absolute Gasteiger partial charge is 0.295 e. The maximum atomic E-state index is 13.0. The zero-order valence-electron chi connectivity index (χ0n) is 17.1. The number of likely N-dealkylation sites (tertiary alicyclic amines) is 1. The normalized spacial score (nSPS) is 18.1. The zero-order valence-corrected chi connectivity index (χ0v) is 18.6. The van der Waals surface area contributed by atoms with Crippen LogP contribution in [0.3, 0.4) is 0 Å². The lowest BCUT2D eigenvalue weighted by Crippen LogP contribution is -2.38. The van der Waals surface area contributed by atoms with E-state index < -0.39 is 24.0 Å². The number of hydrogen-bond donors (Lipinski definition) is 1. The quantitative estimate of drug-likeness (QED) is 0.287. The van der Waals surface area contributed by atoms with Gasteiger partial charge in [0, 0.05) is 29.8 Å². The molecule has 3 rings (SSSR count).